The van der Waals surface area contributed by atoms with E-state index in [1.54, 1.807) is 29.2 Å². The Balaban J connectivity index is 1.55. The van der Waals surface area contributed by atoms with Crippen molar-refractivity contribution in [2.24, 2.45) is 5.92 Å². The first kappa shape index (κ1) is 27.1. The molecular weight excluding hydrogens is 478 g/mol. The van der Waals surface area contributed by atoms with Crippen LogP contribution in [0.15, 0.2) is 54.6 Å². The van der Waals surface area contributed by atoms with Crippen LogP contribution in [0.4, 0.5) is 0 Å². The molecule has 0 aromatic heterocycles. The number of benzene rings is 2. The number of ether oxygens (including phenoxy) is 2. The van der Waals surface area contributed by atoms with Gasteiger partial charge in [0.1, 0.15) is 11.8 Å². The van der Waals surface area contributed by atoms with E-state index in [-0.39, 0.29) is 17.4 Å². The van der Waals surface area contributed by atoms with E-state index in [9.17, 15) is 14.4 Å². The number of nitrogens with one attached hydrogen (secondary N) is 2. The molecule has 8 nitrogen and oxygen atoms in total. The Morgan fingerprint density at radius 2 is 1.92 bits per heavy atom. The highest BCUT2D eigenvalue weighted by Crippen LogP contribution is 2.15. The van der Waals surface area contributed by atoms with Crippen LogP contribution >= 0.6 is 12.2 Å². The van der Waals surface area contributed by atoms with E-state index in [1.165, 1.54) is 5.56 Å². The molecule has 0 spiro atoms. The minimum atomic E-state index is -0.842. The maximum absolute atomic E-state index is 12.9. The predicted molar refractivity (Wildman–Crippen MR) is 141 cm³/mol. The van der Waals surface area contributed by atoms with Gasteiger partial charge in [0.2, 0.25) is 5.91 Å². The molecule has 192 valence electrons. The molecule has 1 aliphatic heterocycles. The fourth-order valence-electron chi connectivity index (χ4n) is 3.69. The number of hydrogen-bond donors (Lipinski definition) is 2. The molecule has 2 aromatic carbocycles. The summed E-state index contributed by atoms with van der Waals surface area (Å²) in [5.41, 5.74) is 1.54. The Hall–Kier alpha value is -3.46. The third kappa shape index (κ3) is 8.34. The van der Waals surface area contributed by atoms with E-state index in [0.29, 0.717) is 43.5 Å². The van der Waals surface area contributed by atoms with E-state index in [0.717, 1.165) is 12.8 Å². The first-order valence-corrected chi connectivity index (χ1v) is 12.6. The van der Waals surface area contributed by atoms with Gasteiger partial charge in [-0.2, -0.15) is 0 Å². The standard InChI is InChI=1S/C27H33N3O5S/c1-19(2)11-15-35-24(31)18-23-26(33)28-13-14-30(23)27(36)29-25(32)21-9-6-10-22(17-21)34-16-12-20-7-4-3-5-8-20/h3-10,17,19,23H,11-16,18H2,1-2H3,(H,28,33)(H,29,32,36). The molecule has 0 aliphatic carbocycles. The average Bonchev–Trinajstić information content (AvgIpc) is 2.86. The van der Waals surface area contributed by atoms with Gasteiger partial charge in [0, 0.05) is 25.1 Å². The molecule has 2 amide bonds. The molecule has 1 unspecified atom stereocenters. The Morgan fingerprint density at radius 3 is 2.67 bits per heavy atom. The van der Waals surface area contributed by atoms with Crippen LogP contribution in [0, 0.1) is 5.92 Å². The van der Waals surface area contributed by atoms with Crippen molar-refractivity contribution < 1.29 is 23.9 Å². The number of rotatable bonds is 10. The summed E-state index contributed by atoms with van der Waals surface area (Å²) in [4.78, 5) is 39.2. The number of esters is 1. The quantitative estimate of drug-likeness (QED) is 0.374. The molecule has 1 heterocycles. The highest BCUT2D eigenvalue weighted by atomic mass is 32.1. The van der Waals surface area contributed by atoms with Gasteiger partial charge in [0.25, 0.3) is 5.91 Å². The Bertz CT molecular complexity index is 1060. The first-order chi connectivity index (χ1) is 17.3. The molecule has 2 N–H and O–H groups in total. The van der Waals surface area contributed by atoms with Crippen molar-refractivity contribution in [1.29, 1.82) is 0 Å². The SMILES string of the molecule is CC(C)CCOC(=O)CC1C(=O)NCCN1C(=S)NC(=O)c1cccc(OCCc2ccccc2)c1. The minimum absolute atomic E-state index is 0.0882. The summed E-state index contributed by atoms with van der Waals surface area (Å²) in [6, 6.07) is 16.0. The summed E-state index contributed by atoms with van der Waals surface area (Å²) in [5.74, 6) is -0.242. The highest BCUT2D eigenvalue weighted by molar-refractivity contribution is 7.80. The lowest BCUT2D eigenvalue weighted by Gasteiger charge is -2.36. The maximum Gasteiger partial charge on any atom is 0.308 e. The summed E-state index contributed by atoms with van der Waals surface area (Å²) >= 11 is 5.44. The zero-order valence-corrected chi connectivity index (χ0v) is 21.5. The van der Waals surface area contributed by atoms with Crippen molar-refractivity contribution in [2.45, 2.75) is 39.2 Å². The van der Waals surface area contributed by atoms with Gasteiger partial charge >= 0.3 is 5.97 Å². The van der Waals surface area contributed by atoms with Gasteiger partial charge in [-0.15, -0.1) is 0 Å². The fourth-order valence-corrected chi connectivity index (χ4v) is 4.00. The van der Waals surface area contributed by atoms with Crippen molar-refractivity contribution in [2.75, 3.05) is 26.3 Å². The van der Waals surface area contributed by atoms with Gasteiger partial charge in [-0.1, -0.05) is 50.2 Å². The largest absolute Gasteiger partial charge is 0.493 e. The molecule has 9 heteroatoms. The van der Waals surface area contributed by atoms with Crippen molar-refractivity contribution >= 4 is 35.1 Å². The lowest BCUT2D eigenvalue weighted by molar-refractivity contribution is -0.147. The Labute approximate surface area is 217 Å². The zero-order valence-electron chi connectivity index (χ0n) is 20.7. The number of carbonyl (C=O) groups excluding carboxylic acids is 3. The van der Waals surface area contributed by atoms with Gasteiger partial charge in [0.15, 0.2) is 5.11 Å². The molecule has 1 saturated heterocycles. The Kier molecular flexibility index (Phi) is 10.2. The number of nitrogens with zero attached hydrogens (tertiary/aromatic N) is 1. The monoisotopic (exact) mass is 511 g/mol. The predicted octanol–water partition coefficient (Wildman–Crippen LogP) is 3.10. The van der Waals surface area contributed by atoms with Crippen molar-refractivity contribution in [3.63, 3.8) is 0 Å². The lowest BCUT2D eigenvalue weighted by atomic mass is 10.1. The third-order valence-electron chi connectivity index (χ3n) is 5.73. The summed E-state index contributed by atoms with van der Waals surface area (Å²) in [5, 5.41) is 5.52. The number of piperazine rings is 1. The molecule has 1 atom stereocenters. The van der Waals surface area contributed by atoms with Crippen LogP contribution in [-0.4, -0.2) is 60.1 Å². The van der Waals surface area contributed by atoms with Crippen LogP contribution in [-0.2, 0) is 20.7 Å². The molecule has 0 radical (unpaired) electrons. The lowest BCUT2D eigenvalue weighted by Crippen LogP contribution is -2.60. The van der Waals surface area contributed by atoms with Gasteiger partial charge in [-0.25, -0.2) is 0 Å². The van der Waals surface area contributed by atoms with Crippen LogP contribution in [0.5, 0.6) is 5.75 Å². The first-order valence-electron chi connectivity index (χ1n) is 12.2. The third-order valence-corrected chi connectivity index (χ3v) is 6.07. The van der Waals surface area contributed by atoms with E-state index >= 15 is 0 Å². The molecule has 36 heavy (non-hydrogen) atoms. The summed E-state index contributed by atoms with van der Waals surface area (Å²) < 4.78 is 11.1. The van der Waals surface area contributed by atoms with E-state index < -0.39 is 17.9 Å². The number of thiocarbonyl (C=S) groups is 1. The minimum Gasteiger partial charge on any atom is -0.493 e. The zero-order chi connectivity index (χ0) is 25.9. The Morgan fingerprint density at radius 1 is 1.14 bits per heavy atom. The van der Waals surface area contributed by atoms with Crippen molar-refractivity contribution in [3.05, 3.63) is 65.7 Å². The van der Waals surface area contributed by atoms with E-state index in [2.05, 4.69) is 10.6 Å². The van der Waals surface area contributed by atoms with Gasteiger partial charge in [-0.05, 0) is 48.3 Å². The second kappa shape index (κ2) is 13.6. The van der Waals surface area contributed by atoms with Gasteiger partial charge in [-0.3, -0.25) is 19.7 Å². The van der Waals surface area contributed by atoms with Crippen LogP contribution < -0.4 is 15.4 Å². The molecule has 1 aliphatic rings. The van der Waals surface area contributed by atoms with Crippen LogP contribution in [0.1, 0.15) is 42.6 Å². The van der Waals surface area contributed by atoms with Crippen LogP contribution in [0.3, 0.4) is 0 Å². The van der Waals surface area contributed by atoms with E-state index in [1.807, 2.05) is 44.2 Å². The average molecular weight is 512 g/mol. The van der Waals surface area contributed by atoms with Crippen molar-refractivity contribution in [1.82, 2.24) is 15.5 Å². The number of hydrogen-bond acceptors (Lipinski definition) is 6. The number of carbonyl (C=O) groups is 3. The molecule has 1 fully saturated rings. The van der Waals surface area contributed by atoms with Gasteiger partial charge in [0.05, 0.1) is 19.6 Å². The van der Waals surface area contributed by atoms with Crippen molar-refractivity contribution in [3.8, 4) is 5.75 Å². The van der Waals surface area contributed by atoms with Crippen LogP contribution in [0.25, 0.3) is 0 Å². The normalized spacial score (nSPS) is 15.2. The number of amides is 2. The summed E-state index contributed by atoms with van der Waals surface area (Å²) in [6.45, 7) is 5.59. The second-order valence-electron chi connectivity index (χ2n) is 8.98. The molecule has 3 rings (SSSR count). The van der Waals surface area contributed by atoms with Crippen LogP contribution in [0.2, 0.25) is 0 Å². The smallest absolute Gasteiger partial charge is 0.308 e. The summed E-state index contributed by atoms with van der Waals surface area (Å²) in [7, 11) is 0. The molecule has 0 bridgehead atoms. The second-order valence-corrected chi connectivity index (χ2v) is 9.37. The maximum atomic E-state index is 12.9. The topological polar surface area (TPSA) is 97.0 Å². The highest BCUT2D eigenvalue weighted by Gasteiger charge is 2.34. The fraction of sp³-hybridized carbons (Fsp3) is 0.407. The van der Waals surface area contributed by atoms with E-state index in [4.69, 9.17) is 21.7 Å². The molecular formula is C27H33N3O5S. The molecule has 2 aromatic rings. The summed E-state index contributed by atoms with van der Waals surface area (Å²) in [6.07, 6.45) is 1.35. The molecule has 0 saturated carbocycles. The van der Waals surface area contributed by atoms with Gasteiger partial charge < -0.3 is 19.7 Å².